The third-order valence-electron chi connectivity index (χ3n) is 3.65. The standard InChI is InChI=1S/C17H25ClN2O2/c1-17(2,3)22-16(21)20-15-11-13(4-5-14(15)18)10-12-6-8-19-9-7-12/h4-5,11-12,19H,6-10H2,1-3H3,(H,20,21). The number of nitrogens with one attached hydrogen (secondary N) is 2. The number of carbonyl (C=O) groups is 1. The van der Waals surface area contributed by atoms with Gasteiger partial charge in [0.1, 0.15) is 5.60 Å². The first kappa shape index (κ1) is 17.1. The Bertz CT molecular complexity index is 520. The molecule has 1 fully saturated rings. The van der Waals surface area contributed by atoms with Gasteiger partial charge in [-0.2, -0.15) is 0 Å². The van der Waals surface area contributed by atoms with Gasteiger partial charge in [0.25, 0.3) is 0 Å². The fraction of sp³-hybridized carbons (Fsp3) is 0.588. The Balaban J connectivity index is 2.01. The molecule has 1 heterocycles. The van der Waals surface area contributed by atoms with Crippen molar-refractivity contribution < 1.29 is 9.53 Å². The van der Waals surface area contributed by atoms with Crippen LogP contribution >= 0.6 is 11.6 Å². The van der Waals surface area contributed by atoms with Crippen molar-refractivity contribution in [2.45, 2.75) is 45.6 Å². The van der Waals surface area contributed by atoms with Gasteiger partial charge in [-0.3, -0.25) is 5.32 Å². The second-order valence-electron chi connectivity index (χ2n) is 6.84. The molecule has 2 N–H and O–H groups in total. The summed E-state index contributed by atoms with van der Waals surface area (Å²) in [5.74, 6) is 0.691. The predicted molar refractivity (Wildman–Crippen MR) is 90.6 cm³/mol. The lowest BCUT2D eigenvalue weighted by Gasteiger charge is -2.23. The summed E-state index contributed by atoms with van der Waals surface area (Å²) in [6.45, 7) is 7.67. The number of benzene rings is 1. The van der Waals surface area contributed by atoms with E-state index in [2.05, 4.69) is 10.6 Å². The number of hydrogen-bond donors (Lipinski definition) is 2. The zero-order chi connectivity index (χ0) is 16.2. The molecular weight excluding hydrogens is 300 g/mol. The second kappa shape index (κ2) is 7.34. The monoisotopic (exact) mass is 324 g/mol. The average molecular weight is 325 g/mol. The first-order valence-corrected chi connectivity index (χ1v) is 8.20. The highest BCUT2D eigenvalue weighted by Crippen LogP contribution is 2.26. The number of amides is 1. The first-order chi connectivity index (χ1) is 10.3. The molecule has 0 spiro atoms. The van der Waals surface area contributed by atoms with Gasteiger partial charge in [0.05, 0.1) is 10.7 Å². The highest BCUT2D eigenvalue weighted by molar-refractivity contribution is 6.33. The van der Waals surface area contributed by atoms with Gasteiger partial charge in [-0.15, -0.1) is 0 Å². The SMILES string of the molecule is CC(C)(C)OC(=O)Nc1cc(CC2CCNCC2)ccc1Cl. The summed E-state index contributed by atoms with van der Waals surface area (Å²) < 4.78 is 5.27. The Hall–Kier alpha value is -1.26. The van der Waals surface area contributed by atoms with Crippen molar-refractivity contribution in [3.63, 3.8) is 0 Å². The molecule has 1 aliphatic heterocycles. The smallest absolute Gasteiger partial charge is 0.412 e. The summed E-state index contributed by atoms with van der Waals surface area (Å²) in [6.07, 6.45) is 2.92. The Morgan fingerprint density at radius 1 is 1.36 bits per heavy atom. The van der Waals surface area contributed by atoms with Gasteiger partial charge in [0.2, 0.25) is 0 Å². The van der Waals surface area contributed by atoms with Gasteiger partial charge < -0.3 is 10.1 Å². The van der Waals surface area contributed by atoms with E-state index in [1.165, 1.54) is 18.4 Å². The molecule has 1 aliphatic rings. The van der Waals surface area contributed by atoms with Gasteiger partial charge >= 0.3 is 6.09 Å². The molecule has 4 nitrogen and oxygen atoms in total. The predicted octanol–water partition coefficient (Wildman–Crippen LogP) is 4.23. The summed E-state index contributed by atoms with van der Waals surface area (Å²) in [6, 6.07) is 5.82. The molecule has 0 aromatic heterocycles. The lowest BCUT2D eigenvalue weighted by molar-refractivity contribution is 0.0636. The summed E-state index contributed by atoms with van der Waals surface area (Å²) in [7, 11) is 0. The van der Waals surface area contributed by atoms with Crippen LogP contribution in [0.2, 0.25) is 5.02 Å². The number of piperidine rings is 1. The molecule has 1 saturated heterocycles. The van der Waals surface area contributed by atoms with Crippen LogP contribution in [0.1, 0.15) is 39.2 Å². The highest BCUT2D eigenvalue weighted by atomic mass is 35.5. The van der Waals surface area contributed by atoms with Crippen molar-refractivity contribution in [1.82, 2.24) is 5.32 Å². The average Bonchev–Trinajstić information content (AvgIpc) is 2.41. The molecule has 122 valence electrons. The molecule has 1 aromatic carbocycles. The number of ether oxygens (including phenoxy) is 1. The highest BCUT2D eigenvalue weighted by Gasteiger charge is 2.18. The third-order valence-corrected chi connectivity index (χ3v) is 3.98. The molecule has 0 atom stereocenters. The molecule has 1 amide bonds. The van der Waals surface area contributed by atoms with Crippen molar-refractivity contribution >= 4 is 23.4 Å². The lowest BCUT2D eigenvalue weighted by Crippen LogP contribution is -2.28. The minimum absolute atomic E-state index is 0.478. The van der Waals surface area contributed by atoms with Crippen LogP contribution in [0.15, 0.2) is 18.2 Å². The van der Waals surface area contributed by atoms with E-state index in [4.69, 9.17) is 16.3 Å². The summed E-state index contributed by atoms with van der Waals surface area (Å²) >= 11 is 6.17. The largest absolute Gasteiger partial charge is 0.444 e. The summed E-state index contributed by atoms with van der Waals surface area (Å²) in [5, 5.41) is 6.64. The van der Waals surface area contributed by atoms with Crippen LogP contribution < -0.4 is 10.6 Å². The van der Waals surface area contributed by atoms with Crippen LogP contribution in [0.5, 0.6) is 0 Å². The Morgan fingerprint density at radius 2 is 2.05 bits per heavy atom. The first-order valence-electron chi connectivity index (χ1n) is 7.82. The molecule has 2 rings (SSSR count). The number of hydrogen-bond acceptors (Lipinski definition) is 3. The Kier molecular flexibility index (Phi) is 5.70. The van der Waals surface area contributed by atoms with Gasteiger partial charge in [-0.1, -0.05) is 17.7 Å². The third kappa shape index (κ3) is 5.50. The molecule has 0 saturated carbocycles. The fourth-order valence-electron chi connectivity index (χ4n) is 2.63. The van der Waals surface area contributed by atoms with E-state index in [0.29, 0.717) is 16.6 Å². The normalized spacial score (nSPS) is 16.4. The molecular formula is C17H25ClN2O2. The van der Waals surface area contributed by atoms with Gasteiger partial charge in [0.15, 0.2) is 0 Å². The maximum atomic E-state index is 11.9. The van der Waals surface area contributed by atoms with Gasteiger partial charge in [-0.05, 0) is 76.7 Å². The van der Waals surface area contributed by atoms with E-state index in [1.54, 1.807) is 0 Å². The fourth-order valence-corrected chi connectivity index (χ4v) is 2.79. The van der Waals surface area contributed by atoms with E-state index >= 15 is 0 Å². The van der Waals surface area contributed by atoms with E-state index in [9.17, 15) is 4.79 Å². The minimum Gasteiger partial charge on any atom is -0.444 e. The van der Waals surface area contributed by atoms with Crippen LogP contribution in [0.25, 0.3) is 0 Å². The van der Waals surface area contributed by atoms with Gasteiger partial charge in [0, 0.05) is 0 Å². The zero-order valence-corrected chi connectivity index (χ0v) is 14.3. The lowest BCUT2D eigenvalue weighted by atomic mass is 9.91. The molecule has 22 heavy (non-hydrogen) atoms. The van der Waals surface area contributed by atoms with Crippen molar-refractivity contribution in [2.24, 2.45) is 5.92 Å². The van der Waals surface area contributed by atoms with E-state index in [1.807, 2.05) is 39.0 Å². The van der Waals surface area contributed by atoms with E-state index in [-0.39, 0.29) is 0 Å². The maximum Gasteiger partial charge on any atom is 0.412 e. The topological polar surface area (TPSA) is 50.4 Å². The summed E-state index contributed by atoms with van der Waals surface area (Å²) in [4.78, 5) is 11.9. The number of rotatable bonds is 3. The number of carbonyl (C=O) groups excluding carboxylic acids is 1. The van der Waals surface area contributed by atoms with Crippen molar-refractivity contribution in [1.29, 1.82) is 0 Å². The zero-order valence-electron chi connectivity index (χ0n) is 13.5. The van der Waals surface area contributed by atoms with Crippen LogP contribution in [-0.2, 0) is 11.2 Å². The quantitative estimate of drug-likeness (QED) is 0.874. The van der Waals surface area contributed by atoms with Crippen LogP contribution in [0.4, 0.5) is 10.5 Å². The van der Waals surface area contributed by atoms with Gasteiger partial charge in [-0.25, -0.2) is 4.79 Å². The summed E-state index contributed by atoms with van der Waals surface area (Å²) in [5.41, 5.74) is 1.29. The molecule has 1 aromatic rings. The molecule has 0 bridgehead atoms. The number of anilines is 1. The molecule has 0 aliphatic carbocycles. The number of halogens is 1. The molecule has 5 heteroatoms. The second-order valence-corrected chi connectivity index (χ2v) is 7.25. The van der Waals surface area contributed by atoms with E-state index in [0.717, 1.165) is 19.5 Å². The van der Waals surface area contributed by atoms with Crippen LogP contribution in [-0.4, -0.2) is 24.8 Å². The van der Waals surface area contributed by atoms with E-state index < -0.39 is 11.7 Å². The van der Waals surface area contributed by atoms with Crippen LogP contribution in [0, 0.1) is 5.92 Å². The molecule has 0 unspecified atom stereocenters. The van der Waals surface area contributed by atoms with Crippen LogP contribution in [0.3, 0.4) is 0 Å². The van der Waals surface area contributed by atoms with Crippen molar-refractivity contribution in [3.05, 3.63) is 28.8 Å². The maximum absolute atomic E-state index is 11.9. The Labute approximate surface area is 137 Å². The minimum atomic E-state index is -0.525. The van der Waals surface area contributed by atoms with Crippen molar-refractivity contribution in [2.75, 3.05) is 18.4 Å². The Morgan fingerprint density at radius 3 is 2.68 bits per heavy atom. The van der Waals surface area contributed by atoms with Crippen molar-refractivity contribution in [3.8, 4) is 0 Å². The molecule has 0 radical (unpaired) electrons.